The summed E-state index contributed by atoms with van der Waals surface area (Å²) in [6.45, 7) is 3.29. The maximum atomic E-state index is 11.7. The molecule has 0 bridgehead atoms. The Morgan fingerprint density at radius 1 is 1.47 bits per heavy atom. The van der Waals surface area contributed by atoms with E-state index in [9.17, 15) is 9.90 Å². The Kier molecular flexibility index (Phi) is 4.83. The van der Waals surface area contributed by atoms with Crippen molar-refractivity contribution in [2.45, 2.75) is 25.4 Å². The number of rotatable bonds is 2. The van der Waals surface area contributed by atoms with Crippen molar-refractivity contribution in [1.82, 2.24) is 10.2 Å². The number of carbonyl (C=O) groups is 1. The fourth-order valence-corrected chi connectivity index (χ4v) is 2.23. The molecule has 2 fully saturated rings. The molecule has 2 atom stereocenters. The van der Waals surface area contributed by atoms with Gasteiger partial charge < -0.3 is 15.3 Å². The molecule has 1 amide bonds. The van der Waals surface area contributed by atoms with Gasteiger partial charge in [0.05, 0.1) is 6.10 Å². The van der Waals surface area contributed by atoms with Crippen molar-refractivity contribution < 1.29 is 9.90 Å². The molecule has 4 nitrogen and oxygen atoms in total. The van der Waals surface area contributed by atoms with E-state index >= 15 is 0 Å². The van der Waals surface area contributed by atoms with Gasteiger partial charge in [-0.1, -0.05) is 0 Å². The van der Waals surface area contributed by atoms with Crippen molar-refractivity contribution in [3.05, 3.63) is 0 Å². The van der Waals surface area contributed by atoms with Gasteiger partial charge in [-0.15, -0.1) is 12.4 Å². The van der Waals surface area contributed by atoms with E-state index in [-0.39, 0.29) is 24.4 Å². The molecule has 2 aliphatic rings. The van der Waals surface area contributed by atoms with Crippen molar-refractivity contribution in [2.75, 3.05) is 26.2 Å². The van der Waals surface area contributed by atoms with Gasteiger partial charge in [0, 0.05) is 19.5 Å². The molecule has 0 saturated carbocycles. The molecule has 0 aromatic rings. The van der Waals surface area contributed by atoms with Crippen LogP contribution in [0.4, 0.5) is 0 Å². The minimum atomic E-state index is -0.291. The first-order valence-electron chi connectivity index (χ1n) is 5.42. The number of nitrogens with one attached hydrogen (secondary N) is 1. The molecule has 5 heteroatoms. The lowest BCUT2D eigenvalue weighted by atomic mass is 10.0. The summed E-state index contributed by atoms with van der Waals surface area (Å²) in [6.07, 6.45) is 2.22. The number of likely N-dealkylation sites (tertiary alicyclic amines) is 1. The molecule has 0 aliphatic carbocycles. The Hall–Kier alpha value is -0.320. The molecule has 2 saturated heterocycles. The van der Waals surface area contributed by atoms with Gasteiger partial charge in [0.1, 0.15) is 0 Å². The highest BCUT2D eigenvalue weighted by atomic mass is 35.5. The van der Waals surface area contributed by atoms with Crippen LogP contribution in [0.25, 0.3) is 0 Å². The van der Waals surface area contributed by atoms with Gasteiger partial charge in [-0.3, -0.25) is 4.79 Å². The topological polar surface area (TPSA) is 52.6 Å². The molecule has 0 spiro atoms. The van der Waals surface area contributed by atoms with Gasteiger partial charge in [0.15, 0.2) is 0 Å². The Morgan fingerprint density at radius 2 is 2.27 bits per heavy atom. The third-order valence-electron chi connectivity index (χ3n) is 3.14. The molecular weight excluding hydrogens is 216 g/mol. The first-order valence-corrected chi connectivity index (χ1v) is 5.42. The summed E-state index contributed by atoms with van der Waals surface area (Å²) in [6, 6.07) is 0. The summed E-state index contributed by atoms with van der Waals surface area (Å²) < 4.78 is 0. The normalized spacial score (nSPS) is 30.3. The standard InChI is InChI=1S/C10H18N2O2.ClH/c13-9-2-4-12(7-9)10(14)5-8-1-3-11-6-8;/h8-9,11,13H,1-7H2;1H/t8-,9-;/m0./s1. The van der Waals surface area contributed by atoms with Crippen LogP contribution in [0, 0.1) is 5.92 Å². The van der Waals surface area contributed by atoms with E-state index in [2.05, 4.69) is 5.32 Å². The molecule has 2 heterocycles. The van der Waals surface area contributed by atoms with Crippen LogP contribution in [-0.2, 0) is 4.79 Å². The zero-order chi connectivity index (χ0) is 9.97. The van der Waals surface area contributed by atoms with Crippen LogP contribution in [0.15, 0.2) is 0 Å². The second-order valence-corrected chi connectivity index (χ2v) is 4.35. The fraction of sp³-hybridized carbons (Fsp3) is 0.900. The largest absolute Gasteiger partial charge is 0.391 e. The maximum Gasteiger partial charge on any atom is 0.222 e. The quantitative estimate of drug-likeness (QED) is 0.708. The first kappa shape index (κ1) is 12.7. The average molecular weight is 235 g/mol. The summed E-state index contributed by atoms with van der Waals surface area (Å²) in [5.41, 5.74) is 0. The van der Waals surface area contributed by atoms with E-state index < -0.39 is 0 Å². The zero-order valence-corrected chi connectivity index (χ0v) is 9.63. The minimum Gasteiger partial charge on any atom is -0.391 e. The van der Waals surface area contributed by atoms with Gasteiger partial charge in [-0.2, -0.15) is 0 Å². The Bertz CT molecular complexity index is 219. The van der Waals surface area contributed by atoms with Crippen LogP contribution in [0.5, 0.6) is 0 Å². The third kappa shape index (κ3) is 3.33. The first-order chi connectivity index (χ1) is 6.75. The summed E-state index contributed by atoms with van der Waals surface area (Å²) >= 11 is 0. The third-order valence-corrected chi connectivity index (χ3v) is 3.14. The predicted molar refractivity (Wildman–Crippen MR) is 60.0 cm³/mol. The molecule has 2 N–H and O–H groups in total. The van der Waals surface area contributed by atoms with Crippen LogP contribution < -0.4 is 5.32 Å². The van der Waals surface area contributed by atoms with Crippen molar-refractivity contribution in [2.24, 2.45) is 5.92 Å². The van der Waals surface area contributed by atoms with E-state index in [1.165, 1.54) is 0 Å². The highest BCUT2D eigenvalue weighted by Crippen LogP contribution is 2.16. The van der Waals surface area contributed by atoms with E-state index in [4.69, 9.17) is 0 Å². The molecule has 0 radical (unpaired) electrons. The summed E-state index contributed by atoms with van der Waals surface area (Å²) in [5.74, 6) is 0.732. The van der Waals surface area contributed by atoms with Gasteiger partial charge in [0.2, 0.25) is 5.91 Å². The molecule has 88 valence electrons. The maximum absolute atomic E-state index is 11.7. The zero-order valence-electron chi connectivity index (χ0n) is 8.82. The van der Waals surface area contributed by atoms with Crippen LogP contribution in [-0.4, -0.2) is 48.2 Å². The smallest absolute Gasteiger partial charge is 0.222 e. The molecule has 0 aromatic heterocycles. The highest BCUT2D eigenvalue weighted by Gasteiger charge is 2.27. The summed E-state index contributed by atoms with van der Waals surface area (Å²) in [7, 11) is 0. The second-order valence-electron chi connectivity index (χ2n) is 4.35. The number of nitrogens with zero attached hydrogens (tertiary/aromatic N) is 1. The predicted octanol–water partition coefficient (Wildman–Crippen LogP) is 0.001000. The van der Waals surface area contributed by atoms with E-state index in [0.29, 0.717) is 18.9 Å². The number of halogens is 1. The van der Waals surface area contributed by atoms with Crippen LogP contribution in [0.1, 0.15) is 19.3 Å². The number of hydrogen-bond acceptors (Lipinski definition) is 3. The van der Waals surface area contributed by atoms with E-state index in [1.807, 2.05) is 0 Å². The fourth-order valence-electron chi connectivity index (χ4n) is 2.23. The Labute approximate surface area is 96.4 Å². The van der Waals surface area contributed by atoms with Gasteiger partial charge >= 0.3 is 0 Å². The van der Waals surface area contributed by atoms with Crippen molar-refractivity contribution >= 4 is 18.3 Å². The molecular formula is C10H19ClN2O2. The monoisotopic (exact) mass is 234 g/mol. The number of aliphatic hydroxyl groups is 1. The SMILES string of the molecule is Cl.O=C(C[C@@H]1CCNC1)N1CC[C@H](O)C1. The summed E-state index contributed by atoms with van der Waals surface area (Å²) in [4.78, 5) is 13.5. The van der Waals surface area contributed by atoms with Gasteiger partial charge in [-0.25, -0.2) is 0 Å². The van der Waals surface area contributed by atoms with Crippen LogP contribution in [0.3, 0.4) is 0 Å². The lowest BCUT2D eigenvalue weighted by molar-refractivity contribution is -0.131. The van der Waals surface area contributed by atoms with Crippen LogP contribution in [0.2, 0.25) is 0 Å². The highest BCUT2D eigenvalue weighted by molar-refractivity contribution is 5.85. The van der Waals surface area contributed by atoms with Gasteiger partial charge in [0.25, 0.3) is 0 Å². The average Bonchev–Trinajstić information content (AvgIpc) is 2.75. The van der Waals surface area contributed by atoms with Crippen molar-refractivity contribution in [1.29, 1.82) is 0 Å². The van der Waals surface area contributed by atoms with Gasteiger partial charge in [-0.05, 0) is 31.8 Å². The number of carbonyl (C=O) groups excluding carboxylic acids is 1. The molecule has 0 unspecified atom stereocenters. The van der Waals surface area contributed by atoms with Crippen LogP contribution >= 0.6 is 12.4 Å². The summed E-state index contributed by atoms with van der Waals surface area (Å²) in [5, 5.41) is 12.6. The molecule has 2 aliphatic heterocycles. The lowest BCUT2D eigenvalue weighted by Crippen LogP contribution is -2.31. The molecule has 0 aromatic carbocycles. The van der Waals surface area contributed by atoms with Crippen molar-refractivity contribution in [3.8, 4) is 0 Å². The van der Waals surface area contributed by atoms with Crippen molar-refractivity contribution in [3.63, 3.8) is 0 Å². The Morgan fingerprint density at radius 3 is 2.80 bits per heavy atom. The number of β-amino-alcohol motifs (C(OH)–C–C–N with tert-alkyl or cyclic N) is 1. The minimum absolute atomic E-state index is 0. The molecule has 2 rings (SSSR count). The van der Waals surface area contributed by atoms with E-state index in [0.717, 1.165) is 32.5 Å². The van der Waals surface area contributed by atoms with E-state index in [1.54, 1.807) is 4.90 Å². The number of hydrogen-bond donors (Lipinski definition) is 2. The second kappa shape index (κ2) is 5.68. The Balaban J connectivity index is 0.00000112. The molecule has 15 heavy (non-hydrogen) atoms. The number of aliphatic hydroxyl groups excluding tert-OH is 1. The number of amides is 1. The lowest BCUT2D eigenvalue weighted by Gasteiger charge is -2.17.